The average molecular weight is 280 g/mol. The highest BCUT2D eigenvalue weighted by molar-refractivity contribution is 7.89. The molecule has 3 N–H and O–H groups in total. The van der Waals surface area contributed by atoms with Crippen LogP contribution < -0.4 is 9.88 Å². The van der Waals surface area contributed by atoms with E-state index < -0.39 is 10.0 Å². The lowest BCUT2D eigenvalue weighted by atomic mass is 10.2. The Morgan fingerprint density at radius 1 is 1.16 bits per heavy atom. The molecule has 0 aliphatic carbocycles. The van der Waals surface area contributed by atoms with Crippen molar-refractivity contribution in [2.24, 2.45) is 5.14 Å². The maximum Gasteiger partial charge on any atom is 0.239 e. The van der Waals surface area contributed by atoms with Gasteiger partial charge in [0.2, 0.25) is 15.9 Å². The second-order valence-corrected chi connectivity index (χ2v) is 5.34. The predicted octanol–water partition coefficient (Wildman–Crippen LogP) is 1.01. The number of rotatable bonds is 4. The van der Waals surface area contributed by atoms with Gasteiger partial charge in [-0.3, -0.25) is 0 Å². The second kappa shape index (κ2) is 5.35. The van der Waals surface area contributed by atoms with Crippen LogP contribution in [0.5, 0.6) is 11.6 Å². The molecule has 1 aromatic heterocycles. The number of pyridine rings is 1. The van der Waals surface area contributed by atoms with E-state index in [1.807, 2.05) is 0 Å². The van der Waals surface area contributed by atoms with Gasteiger partial charge in [0, 0.05) is 6.07 Å². The topological polar surface area (TPSA) is 103 Å². The number of hydrogen-bond acceptors (Lipinski definition) is 5. The van der Waals surface area contributed by atoms with Gasteiger partial charge in [-0.1, -0.05) is 12.1 Å². The van der Waals surface area contributed by atoms with Crippen molar-refractivity contribution < 1.29 is 18.3 Å². The van der Waals surface area contributed by atoms with Crippen LogP contribution in [0.4, 0.5) is 0 Å². The molecule has 1 aromatic carbocycles. The molecule has 7 heteroatoms. The maximum absolute atomic E-state index is 11.0. The van der Waals surface area contributed by atoms with Gasteiger partial charge in [0.05, 0.1) is 12.8 Å². The molecule has 6 nitrogen and oxygen atoms in total. The number of aliphatic hydroxyl groups is 1. The van der Waals surface area contributed by atoms with Gasteiger partial charge in [-0.15, -0.1) is 0 Å². The molecule has 1 heterocycles. The van der Waals surface area contributed by atoms with Crippen molar-refractivity contribution in [2.45, 2.75) is 11.5 Å². The molecule has 100 valence electrons. The van der Waals surface area contributed by atoms with Crippen molar-refractivity contribution in [2.75, 3.05) is 0 Å². The molecule has 0 aliphatic heterocycles. The third-order valence-corrected chi connectivity index (χ3v) is 3.26. The van der Waals surface area contributed by atoms with E-state index in [2.05, 4.69) is 4.98 Å². The number of nitrogens with zero attached hydrogens (tertiary/aromatic N) is 1. The molecule has 0 fully saturated rings. The predicted molar refractivity (Wildman–Crippen MR) is 68.0 cm³/mol. The molecule has 0 bridgehead atoms. The molecule has 0 atom stereocenters. The van der Waals surface area contributed by atoms with Crippen LogP contribution in [-0.2, 0) is 16.6 Å². The Balaban J connectivity index is 2.15. The fourth-order valence-corrected chi connectivity index (χ4v) is 1.84. The Morgan fingerprint density at radius 2 is 1.84 bits per heavy atom. The molecule has 2 aromatic rings. The molecule has 0 aliphatic rings. The normalized spacial score (nSPS) is 11.3. The van der Waals surface area contributed by atoms with Crippen molar-refractivity contribution >= 4 is 10.0 Å². The minimum absolute atomic E-state index is 0.0401. The number of aromatic nitrogens is 1. The summed E-state index contributed by atoms with van der Waals surface area (Å²) < 4.78 is 27.5. The maximum atomic E-state index is 11.0. The summed E-state index contributed by atoms with van der Waals surface area (Å²) in [7, 11) is -3.75. The van der Waals surface area contributed by atoms with E-state index >= 15 is 0 Å². The summed E-state index contributed by atoms with van der Waals surface area (Å²) in [5.41, 5.74) is 0.768. The molecular formula is C12H12N2O4S. The monoisotopic (exact) mass is 280 g/mol. The molecule has 0 amide bonds. The summed E-state index contributed by atoms with van der Waals surface area (Å²) >= 11 is 0. The molecule has 0 spiro atoms. The van der Waals surface area contributed by atoms with Gasteiger partial charge in [-0.05, 0) is 23.8 Å². The van der Waals surface area contributed by atoms with Crippen molar-refractivity contribution in [1.82, 2.24) is 4.98 Å². The zero-order valence-corrected chi connectivity index (χ0v) is 10.7. The average Bonchev–Trinajstić information content (AvgIpc) is 2.39. The number of nitrogens with two attached hydrogens (primary N) is 1. The van der Waals surface area contributed by atoms with Gasteiger partial charge in [0.1, 0.15) is 10.6 Å². The van der Waals surface area contributed by atoms with Gasteiger partial charge >= 0.3 is 0 Å². The van der Waals surface area contributed by atoms with Gasteiger partial charge in [0.15, 0.2) is 0 Å². The zero-order valence-electron chi connectivity index (χ0n) is 9.85. The van der Waals surface area contributed by atoms with Crippen LogP contribution in [-0.4, -0.2) is 18.5 Å². The summed E-state index contributed by atoms with van der Waals surface area (Å²) in [6.07, 6.45) is 1.13. The largest absolute Gasteiger partial charge is 0.439 e. The number of primary sulfonamides is 1. The lowest BCUT2D eigenvalue weighted by Gasteiger charge is -2.05. The van der Waals surface area contributed by atoms with E-state index in [9.17, 15) is 8.42 Å². The highest BCUT2D eigenvalue weighted by atomic mass is 32.2. The first-order valence-electron chi connectivity index (χ1n) is 5.35. The minimum Gasteiger partial charge on any atom is -0.439 e. The lowest BCUT2D eigenvalue weighted by Crippen LogP contribution is -2.12. The van der Waals surface area contributed by atoms with E-state index in [0.29, 0.717) is 5.75 Å². The summed E-state index contributed by atoms with van der Waals surface area (Å²) in [6, 6.07) is 9.53. The molecule has 0 unspecified atom stereocenters. The third-order valence-electron chi connectivity index (χ3n) is 2.37. The Morgan fingerprint density at radius 3 is 2.32 bits per heavy atom. The first kappa shape index (κ1) is 13.5. The fraction of sp³-hybridized carbons (Fsp3) is 0.0833. The SMILES string of the molecule is NS(=O)(=O)c1ccc(Oc2ccc(CO)cc2)nc1. The van der Waals surface area contributed by atoms with E-state index in [1.165, 1.54) is 12.1 Å². The summed E-state index contributed by atoms with van der Waals surface area (Å²) in [5, 5.41) is 13.9. The molecule has 19 heavy (non-hydrogen) atoms. The van der Waals surface area contributed by atoms with Gasteiger partial charge < -0.3 is 9.84 Å². The van der Waals surface area contributed by atoms with Crippen LogP contribution in [0.1, 0.15) is 5.56 Å². The number of aliphatic hydroxyl groups excluding tert-OH is 1. The van der Waals surface area contributed by atoms with Crippen LogP contribution in [0, 0.1) is 0 Å². The summed E-state index contributed by atoms with van der Waals surface area (Å²) in [4.78, 5) is 3.78. The van der Waals surface area contributed by atoms with Crippen molar-refractivity contribution in [1.29, 1.82) is 0 Å². The van der Waals surface area contributed by atoms with E-state index in [-0.39, 0.29) is 17.4 Å². The van der Waals surface area contributed by atoms with Gasteiger partial charge in [0.25, 0.3) is 0 Å². The first-order valence-corrected chi connectivity index (χ1v) is 6.90. The van der Waals surface area contributed by atoms with Crippen LogP contribution in [0.2, 0.25) is 0 Å². The Bertz CT molecular complexity index is 651. The third kappa shape index (κ3) is 3.50. The lowest BCUT2D eigenvalue weighted by molar-refractivity contribution is 0.281. The van der Waals surface area contributed by atoms with Crippen LogP contribution in [0.3, 0.4) is 0 Å². The highest BCUT2D eigenvalue weighted by Crippen LogP contribution is 2.20. The first-order chi connectivity index (χ1) is 8.99. The molecule has 0 saturated heterocycles. The standard InChI is InChI=1S/C12H12N2O4S/c13-19(16,17)11-5-6-12(14-7-11)18-10-3-1-9(8-15)2-4-10/h1-7,15H,8H2,(H2,13,16,17). The van der Waals surface area contributed by atoms with Gasteiger partial charge in [-0.2, -0.15) is 0 Å². The molecule has 0 radical (unpaired) electrons. The van der Waals surface area contributed by atoms with Crippen LogP contribution in [0.15, 0.2) is 47.5 Å². The fourth-order valence-electron chi connectivity index (χ4n) is 1.38. The van der Waals surface area contributed by atoms with E-state index in [1.54, 1.807) is 24.3 Å². The van der Waals surface area contributed by atoms with Crippen LogP contribution in [0.25, 0.3) is 0 Å². The van der Waals surface area contributed by atoms with E-state index in [4.69, 9.17) is 15.0 Å². The zero-order chi connectivity index (χ0) is 13.9. The second-order valence-electron chi connectivity index (χ2n) is 3.78. The smallest absolute Gasteiger partial charge is 0.239 e. The number of ether oxygens (including phenoxy) is 1. The van der Waals surface area contributed by atoms with Crippen molar-refractivity contribution in [3.8, 4) is 11.6 Å². The van der Waals surface area contributed by atoms with E-state index in [0.717, 1.165) is 11.8 Å². The van der Waals surface area contributed by atoms with Gasteiger partial charge in [-0.25, -0.2) is 18.5 Å². The number of hydrogen-bond donors (Lipinski definition) is 2. The van der Waals surface area contributed by atoms with Crippen LogP contribution >= 0.6 is 0 Å². The Hall–Kier alpha value is -1.96. The Labute approximate surface area is 110 Å². The summed E-state index contributed by atoms with van der Waals surface area (Å²) in [5.74, 6) is 0.789. The molecule has 2 rings (SSSR count). The molecule has 0 saturated carbocycles. The number of benzene rings is 1. The summed E-state index contributed by atoms with van der Waals surface area (Å²) in [6.45, 7) is -0.0401. The quantitative estimate of drug-likeness (QED) is 0.870. The van der Waals surface area contributed by atoms with Crippen molar-refractivity contribution in [3.05, 3.63) is 48.2 Å². The van der Waals surface area contributed by atoms with Crippen molar-refractivity contribution in [3.63, 3.8) is 0 Å². The minimum atomic E-state index is -3.75. The number of sulfonamides is 1. The molecular weight excluding hydrogens is 268 g/mol. The Kier molecular flexibility index (Phi) is 3.79. The highest BCUT2D eigenvalue weighted by Gasteiger charge is 2.08.